The average Bonchev–Trinajstić information content (AvgIpc) is 2.22. The normalized spacial score (nSPS) is 13.2. The Kier molecular flexibility index (Phi) is 7.20. The van der Waals surface area contributed by atoms with Gasteiger partial charge in [-0.15, -0.1) is 23.2 Å². The Hall–Kier alpha value is 0.440. The summed E-state index contributed by atoms with van der Waals surface area (Å²) in [5, 5.41) is 0. The van der Waals surface area contributed by atoms with Gasteiger partial charge in [0.2, 0.25) is 20.0 Å². The molecule has 0 saturated heterocycles. The number of hydrogen-bond donors (Lipinski definition) is 0. The molecule has 5 nitrogen and oxygen atoms in total. The molecule has 0 aromatic heterocycles. The number of rotatable bonds is 8. The molecular weight excluding hydrogens is 297 g/mol. The summed E-state index contributed by atoms with van der Waals surface area (Å²) < 4.78 is 46.6. The summed E-state index contributed by atoms with van der Waals surface area (Å²) in [7, 11) is -6.55. The lowest BCUT2D eigenvalue weighted by molar-refractivity contribution is 0.524. The van der Waals surface area contributed by atoms with E-state index in [1.165, 1.54) is 0 Å². The van der Waals surface area contributed by atoms with E-state index in [2.05, 4.69) is 0 Å². The zero-order valence-corrected chi connectivity index (χ0v) is 12.0. The molecule has 0 aliphatic heterocycles. The smallest absolute Gasteiger partial charge is 0.211 e. The SMILES string of the molecule is CN(S(=O)(=O)CCCCl)S(=O)(=O)CCCCl. The molecule has 0 rings (SSSR count). The molecule has 0 aliphatic carbocycles. The third-order valence-corrected chi connectivity index (χ3v) is 6.93. The van der Waals surface area contributed by atoms with E-state index in [4.69, 9.17) is 23.2 Å². The quantitative estimate of drug-likeness (QED) is 0.623. The van der Waals surface area contributed by atoms with Crippen molar-refractivity contribution in [3.05, 3.63) is 0 Å². The average molecular weight is 312 g/mol. The van der Waals surface area contributed by atoms with Crippen molar-refractivity contribution in [3.8, 4) is 0 Å². The van der Waals surface area contributed by atoms with Crippen molar-refractivity contribution < 1.29 is 16.8 Å². The molecule has 9 heteroatoms. The molecule has 16 heavy (non-hydrogen) atoms. The van der Waals surface area contributed by atoms with Crippen LogP contribution in [0.5, 0.6) is 0 Å². The Bertz CT molecular complexity index is 355. The van der Waals surface area contributed by atoms with Gasteiger partial charge in [-0.25, -0.2) is 16.8 Å². The number of nitrogens with zero attached hydrogens (tertiary/aromatic N) is 1. The number of alkyl halides is 2. The molecule has 0 unspecified atom stereocenters. The number of hydrogen-bond acceptors (Lipinski definition) is 4. The molecule has 0 atom stereocenters. The van der Waals surface area contributed by atoms with Gasteiger partial charge in [0.25, 0.3) is 0 Å². The molecule has 0 bridgehead atoms. The van der Waals surface area contributed by atoms with Crippen LogP contribution in [-0.4, -0.2) is 50.9 Å². The molecule has 98 valence electrons. The van der Waals surface area contributed by atoms with E-state index in [0.29, 0.717) is 3.71 Å². The molecule has 0 aliphatic rings. The lowest BCUT2D eigenvalue weighted by atomic mass is 10.6. The standard InChI is InChI=1S/C7H15Cl2NO4S2/c1-10(15(11,12)6-2-4-8)16(13,14)7-3-5-9/h2-7H2,1H3. The van der Waals surface area contributed by atoms with Crippen LogP contribution in [0, 0.1) is 0 Å². The summed E-state index contributed by atoms with van der Waals surface area (Å²) in [5.74, 6) is -0.191. The van der Waals surface area contributed by atoms with Crippen LogP contribution >= 0.6 is 23.2 Å². The summed E-state index contributed by atoms with van der Waals surface area (Å²) in [6.07, 6.45) is 0.443. The van der Waals surface area contributed by atoms with Gasteiger partial charge in [-0.2, -0.15) is 0 Å². The van der Waals surface area contributed by atoms with Crippen LogP contribution in [0.4, 0.5) is 0 Å². The minimum absolute atomic E-state index is 0.175. The molecule has 0 fully saturated rings. The maximum absolute atomic E-state index is 11.6. The van der Waals surface area contributed by atoms with Gasteiger partial charge in [0.15, 0.2) is 0 Å². The lowest BCUT2D eigenvalue weighted by Gasteiger charge is -2.16. The van der Waals surface area contributed by atoms with Crippen molar-refractivity contribution in [2.24, 2.45) is 0 Å². The Morgan fingerprint density at radius 1 is 0.875 bits per heavy atom. The first-order chi connectivity index (χ1) is 7.28. The molecule has 0 saturated carbocycles. The molecule has 0 radical (unpaired) electrons. The van der Waals surface area contributed by atoms with Crippen LogP contribution < -0.4 is 0 Å². The largest absolute Gasteiger partial charge is 0.226 e. The van der Waals surface area contributed by atoms with Gasteiger partial charge in [-0.05, 0) is 12.8 Å². The van der Waals surface area contributed by atoms with E-state index in [1.54, 1.807) is 0 Å². The molecular formula is C7H15Cl2NO4S2. The van der Waals surface area contributed by atoms with Crippen LogP contribution in [0.1, 0.15) is 12.8 Å². The highest BCUT2D eigenvalue weighted by Gasteiger charge is 2.28. The zero-order chi connectivity index (χ0) is 12.8. The Labute approximate surface area is 107 Å². The highest BCUT2D eigenvalue weighted by molar-refractivity contribution is 8.03. The van der Waals surface area contributed by atoms with Gasteiger partial charge in [-0.3, -0.25) is 0 Å². The van der Waals surface area contributed by atoms with E-state index in [9.17, 15) is 16.8 Å². The molecule has 0 heterocycles. The lowest BCUT2D eigenvalue weighted by Crippen LogP contribution is -2.36. The molecule has 0 amide bonds. The van der Waals surface area contributed by atoms with Crippen LogP contribution in [-0.2, 0) is 20.0 Å². The van der Waals surface area contributed by atoms with E-state index in [-0.39, 0.29) is 36.1 Å². The highest BCUT2D eigenvalue weighted by Crippen LogP contribution is 2.09. The van der Waals surface area contributed by atoms with E-state index < -0.39 is 20.0 Å². The van der Waals surface area contributed by atoms with Crippen molar-refractivity contribution in [3.63, 3.8) is 0 Å². The van der Waals surface area contributed by atoms with E-state index in [0.717, 1.165) is 7.05 Å². The second kappa shape index (κ2) is 7.00. The molecule has 0 aromatic rings. The van der Waals surface area contributed by atoms with Gasteiger partial charge in [0.1, 0.15) is 0 Å². The van der Waals surface area contributed by atoms with E-state index in [1.807, 2.05) is 0 Å². The monoisotopic (exact) mass is 311 g/mol. The van der Waals surface area contributed by atoms with Gasteiger partial charge in [0, 0.05) is 18.8 Å². The Morgan fingerprint density at radius 2 is 1.19 bits per heavy atom. The third-order valence-electron chi connectivity index (χ3n) is 1.86. The van der Waals surface area contributed by atoms with E-state index >= 15 is 0 Å². The first-order valence-electron chi connectivity index (χ1n) is 4.59. The summed E-state index contributed by atoms with van der Waals surface area (Å²) in [5.41, 5.74) is 0. The fraction of sp³-hybridized carbons (Fsp3) is 1.00. The van der Waals surface area contributed by atoms with Crippen LogP contribution in [0.15, 0.2) is 0 Å². The predicted molar refractivity (Wildman–Crippen MR) is 66.0 cm³/mol. The highest BCUT2D eigenvalue weighted by atomic mass is 35.5. The first kappa shape index (κ1) is 16.4. The van der Waals surface area contributed by atoms with Crippen LogP contribution in [0.2, 0.25) is 0 Å². The zero-order valence-electron chi connectivity index (χ0n) is 8.90. The van der Waals surface area contributed by atoms with Gasteiger partial charge < -0.3 is 0 Å². The second-order valence-corrected chi connectivity index (χ2v) is 8.32. The maximum Gasteiger partial charge on any atom is 0.226 e. The third kappa shape index (κ3) is 5.18. The van der Waals surface area contributed by atoms with Crippen LogP contribution in [0.3, 0.4) is 0 Å². The van der Waals surface area contributed by atoms with Crippen molar-refractivity contribution in [1.29, 1.82) is 0 Å². The van der Waals surface area contributed by atoms with Crippen molar-refractivity contribution in [1.82, 2.24) is 3.71 Å². The topological polar surface area (TPSA) is 71.5 Å². The minimum atomic E-state index is -3.79. The van der Waals surface area contributed by atoms with Crippen LogP contribution in [0.25, 0.3) is 0 Å². The van der Waals surface area contributed by atoms with Gasteiger partial charge >= 0.3 is 0 Å². The summed E-state index contributed by atoms with van der Waals surface area (Å²) in [6.45, 7) is 0. The molecule has 0 N–H and O–H groups in total. The first-order valence-corrected chi connectivity index (χ1v) is 8.88. The summed E-state index contributed by atoms with van der Waals surface area (Å²) in [6, 6.07) is 0. The number of sulfonamides is 2. The van der Waals surface area contributed by atoms with Crippen molar-refractivity contribution in [2.45, 2.75) is 12.8 Å². The van der Waals surface area contributed by atoms with Gasteiger partial charge in [0.05, 0.1) is 11.5 Å². The van der Waals surface area contributed by atoms with Crippen molar-refractivity contribution >= 4 is 43.2 Å². The Morgan fingerprint density at radius 3 is 1.44 bits per heavy atom. The molecule has 0 spiro atoms. The molecule has 0 aromatic carbocycles. The fourth-order valence-corrected chi connectivity index (χ4v) is 4.85. The predicted octanol–water partition coefficient (Wildman–Crippen LogP) is 0.836. The summed E-state index contributed by atoms with van der Waals surface area (Å²) in [4.78, 5) is 0. The van der Waals surface area contributed by atoms with Crippen molar-refractivity contribution in [2.75, 3.05) is 30.3 Å². The second-order valence-electron chi connectivity index (χ2n) is 3.10. The minimum Gasteiger partial charge on any atom is -0.211 e. The maximum atomic E-state index is 11.6. The van der Waals surface area contributed by atoms with Gasteiger partial charge in [-0.1, -0.05) is 3.71 Å². The Balaban J connectivity index is 4.71. The fourth-order valence-electron chi connectivity index (χ4n) is 0.904. The summed E-state index contributed by atoms with van der Waals surface area (Å²) >= 11 is 10.7. The number of halogens is 2.